The number of hydrogen-bond acceptors (Lipinski definition) is 1. The molecule has 0 amide bonds. The van der Waals surface area contributed by atoms with Gasteiger partial charge in [0.05, 0.1) is 24.1 Å². The van der Waals surface area contributed by atoms with Crippen molar-refractivity contribution in [1.82, 2.24) is 0 Å². The van der Waals surface area contributed by atoms with E-state index in [0.717, 1.165) is 5.22 Å². The summed E-state index contributed by atoms with van der Waals surface area (Å²) in [6, 6.07) is 5.61. The maximum absolute atomic E-state index is 8.53. The van der Waals surface area contributed by atoms with Crippen molar-refractivity contribution in [3.63, 3.8) is 0 Å². The van der Waals surface area contributed by atoms with Crippen LogP contribution in [0, 0.1) is 11.3 Å². The van der Waals surface area contributed by atoms with E-state index in [0.29, 0.717) is 5.69 Å². The Balaban J connectivity index is 2.74. The SMILES string of the molecule is C[C+]1C=c2ccc([N+]#N)cc2=C1. The van der Waals surface area contributed by atoms with Crippen LogP contribution < -0.4 is 10.4 Å². The molecular weight excluding hydrogens is 148 g/mol. The molecule has 0 atom stereocenters. The summed E-state index contributed by atoms with van der Waals surface area (Å²) >= 11 is 0. The molecule has 0 bridgehead atoms. The molecule has 0 unspecified atom stereocenters. The van der Waals surface area contributed by atoms with Crippen molar-refractivity contribution in [1.29, 1.82) is 5.39 Å². The zero-order valence-electron chi connectivity index (χ0n) is 6.78. The molecule has 1 aromatic rings. The van der Waals surface area contributed by atoms with Crippen LogP contribution in [0.4, 0.5) is 5.69 Å². The van der Waals surface area contributed by atoms with Gasteiger partial charge in [-0.2, -0.15) is 0 Å². The van der Waals surface area contributed by atoms with Crippen LogP contribution in [0.5, 0.6) is 0 Å². The van der Waals surface area contributed by atoms with Gasteiger partial charge in [-0.25, -0.2) is 0 Å². The maximum atomic E-state index is 8.53. The summed E-state index contributed by atoms with van der Waals surface area (Å²) in [6.45, 7) is 2.05. The van der Waals surface area contributed by atoms with Crippen LogP contribution in [0.25, 0.3) is 17.1 Å². The Morgan fingerprint density at radius 3 is 2.75 bits per heavy atom. The van der Waals surface area contributed by atoms with Crippen LogP contribution in [0.2, 0.25) is 0 Å². The molecular formula is C10H8N2+2. The molecule has 0 aromatic heterocycles. The van der Waals surface area contributed by atoms with Crippen molar-refractivity contribution in [2.45, 2.75) is 6.92 Å². The smallest absolute Gasteiger partial charge is 0.00719 e. The van der Waals surface area contributed by atoms with Crippen LogP contribution in [-0.2, 0) is 0 Å². The van der Waals surface area contributed by atoms with Crippen LogP contribution in [-0.4, -0.2) is 0 Å². The lowest BCUT2D eigenvalue weighted by molar-refractivity contribution is 1.45. The molecule has 0 radical (unpaired) electrons. The van der Waals surface area contributed by atoms with E-state index in [9.17, 15) is 0 Å². The van der Waals surface area contributed by atoms with Gasteiger partial charge in [-0.3, -0.25) is 0 Å². The van der Waals surface area contributed by atoms with Gasteiger partial charge in [0.2, 0.25) is 5.39 Å². The van der Waals surface area contributed by atoms with Gasteiger partial charge in [0.1, 0.15) is 16.5 Å². The van der Waals surface area contributed by atoms with E-state index in [1.54, 1.807) is 6.07 Å². The van der Waals surface area contributed by atoms with Crippen molar-refractivity contribution in [2.75, 3.05) is 0 Å². The van der Waals surface area contributed by atoms with Gasteiger partial charge in [-0.15, -0.1) is 0 Å². The normalized spacial score (nSPS) is 12.8. The third-order valence-electron chi connectivity index (χ3n) is 1.95. The Bertz CT molecular complexity index is 466. The van der Waals surface area contributed by atoms with E-state index in [1.165, 1.54) is 11.1 Å². The number of fused-ring (bicyclic) bond motifs is 1. The Morgan fingerprint density at radius 2 is 2.00 bits per heavy atom. The van der Waals surface area contributed by atoms with Crippen molar-refractivity contribution in [3.8, 4) is 0 Å². The molecule has 2 nitrogen and oxygen atoms in total. The zero-order valence-corrected chi connectivity index (χ0v) is 6.78. The molecule has 0 aliphatic heterocycles. The highest BCUT2D eigenvalue weighted by molar-refractivity contribution is 5.67. The van der Waals surface area contributed by atoms with Gasteiger partial charge in [0.15, 0.2) is 4.98 Å². The molecule has 0 saturated heterocycles. The van der Waals surface area contributed by atoms with E-state index >= 15 is 0 Å². The molecule has 12 heavy (non-hydrogen) atoms. The van der Waals surface area contributed by atoms with Gasteiger partial charge < -0.3 is 0 Å². The lowest BCUT2D eigenvalue weighted by Gasteiger charge is -1.76. The molecule has 2 heteroatoms. The number of benzene rings is 1. The van der Waals surface area contributed by atoms with Crippen molar-refractivity contribution < 1.29 is 0 Å². The van der Waals surface area contributed by atoms with E-state index in [2.05, 4.69) is 24.1 Å². The Labute approximate surface area is 70.5 Å². The van der Waals surface area contributed by atoms with E-state index < -0.39 is 0 Å². The largest absolute Gasteiger partial charge is 0.401 e. The van der Waals surface area contributed by atoms with E-state index in [1.807, 2.05) is 12.1 Å². The fraction of sp³-hybridized carbons (Fsp3) is 0.100. The zero-order chi connectivity index (χ0) is 8.55. The van der Waals surface area contributed by atoms with Gasteiger partial charge in [0, 0.05) is 13.0 Å². The summed E-state index contributed by atoms with van der Waals surface area (Å²) in [5, 5.41) is 10.9. The minimum Gasteiger partial charge on any atom is 0.00719 e. The highest BCUT2D eigenvalue weighted by Gasteiger charge is 2.15. The average molecular weight is 156 g/mol. The maximum Gasteiger partial charge on any atom is 0.401 e. The molecule has 0 saturated carbocycles. The summed E-state index contributed by atoms with van der Waals surface area (Å²) < 4.78 is 0. The summed E-state index contributed by atoms with van der Waals surface area (Å²) in [7, 11) is 0. The topological polar surface area (TPSA) is 28.1 Å². The van der Waals surface area contributed by atoms with Gasteiger partial charge >= 0.3 is 5.69 Å². The first kappa shape index (κ1) is 6.93. The third-order valence-corrected chi connectivity index (χ3v) is 1.95. The third kappa shape index (κ3) is 0.960. The van der Waals surface area contributed by atoms with Gasteiger partial charge in [-0.05, 0) is 0 Å². The molecule has 2 rings (SSSR count). The van der Waals surface area contributed by atoms with Crippen LogP contribution in [0.1, 0.15) is 6.92 Å². The molecule has 0 fully saturated rings. The molecule has 1 aliphatic carbocycles. The monoisotopic (exact) mass is 156 g/mol. The number of rotatable bonds is 0. The van der Waals surface area contributed by atoms with E-state index in [4.69, 9.17) is 5.39 Å². The Hall–Kier alpha value is -1.75. The first-order valence-electron chi connectivity index (χ1n) is 3.82. The molecule has 56 valence electrons. The lowest BCUT2D eigenvalue weighted by atomic mass is 10.2. The Kier molecular flexibility index (Phi) is 1.38. The van der Waals surface area contributed by atoms with Crippen LogP contribution in [0.3, 0.4) is 0 Å². The van der Waals surface area contributed by atoms with Crippen molar-refractivity contribution >= 4 is 17.8 Å². The van der Waals surface area contributed by atoms with Crippen LogP contribution >= 0.6 is 0 Å². The number of hydrogen-bond donors (Lipinski definition) is 0. The predicted molar refractivity (Wildman–Crippen MR) is 48.3 cm³/mol. The predicted octanol–water partition coefficient (Wildman–Crippen LogP) is 1.34. The van der Waals surface area contributed by atoms with Crippen molar-refractivity contribution in [3.05, 3.63) is 39.5 Å². The number of nitrogens with zero attached hydrogens (tertiary/aromatic N) is 2. The minimum atomic E-state index is 0.605. The van der Waals surface area contributed by atoms with Gasteiger partial charge in [0.25, 0.3) is 0 Å². The number of diazo groups is 1. The Morgan fingerprint density at radius 1 is 1.25 bits per heavy atom. The molecule has 0 heterocycles. The lowest BCUT2D eigenvalue weighted by Crippen LogP contribution is -2.19. The van der Waals surface area contributed by atoms with Crippen molar-refractivity contribution in [2.24, 2.45) is 0 Å². The first-order chi connectivity index (χ1) is 5.79. The second-order valence-corrected chi connectivity index (χ2v) is 2.95. The fourth-order valence-electron chi connectivity index (χ4n) is 1.41. The highest BCUT2D eigenvalue weighted by atomic mass is 14.8. The summed E-state index contributed by atoms with van der Waals surface area (Å²) in [5.74, 6) is 1.24. The standard InChI is InChI=1S/C10H8N2/c1-7-4-8-2-3-10(12-11)6-9(8)5-7/h2-6H,1H3/q+2. The molecule has 1 aliphatic rings. The molecule has 1 aromatic carbocycles. The second-order valence-electron chi connectivity index (χ2n) is 2.95. The van der Waals surface area contributed by atoms with Gasteiger partial charge in [-0.1, -0.05) is 0 Å². The summed E-state index contributed by atoms with van der Waals surface area (Å²) in [5.41, 5.74) is 0.605. The fourth-order valence-corrected chi connectivity index (χ4v) is 1.41. The van der Waals surface area contributed by atoms with Crippen LogP contribution in [0.15, 0.2) is 18.2 Å². The second kappa shape index (κ2) is 2.38. The summed E-state index contributed by atoms with van der Waals surface area (Å²) in [4.78, 5) is 3.13. The molecule has 0 spiro atoms. The summed E-state index contributed by atoms with van der Waals surface area (Å²) in [6.07, 6.45) is 4.18. The first-order valence-corrected chi connectivity index (χ1v) is 3.82. The minimum absolute atomic E-state index is 0.605. The van der Waals surface area contributed by atoms with E-state index in [-0.39, 0.29) is 0 Å². The highest BCUT2D eigenvalue weighted by Crippen LogP contribution is 2.09. The average Bonchev–Trinajstić information content (AvgIpc) is 2.43. The molecule has 0 N–H and O–H groups in total. The quantitative estimate of drug-likeness (QED) is 0.411.